The first-order valence-corrected chi connectivity index (χ1v) is 9.14. The number of aryl methyl sites for hydroxylation is 1. The van der Waals surface area contributed by atoms with Gasteiger partial charge in [-0.3, -0.25) is 14.5 Å². The van der Waals surface area contributed by atoms with E-state index in [1.54, 1.807) is 36.4 Å². The Morgan fingerprint density at radius 2 is 1.54 bits per heavy atom. The number of anilines is 1. The number of hydrogen-bond acceptors (Lipinski definition) is 2. The van der Waals surface area contributed by atoms with Gasteiger partial charge in [-0.15, -0.1) is 0 Å². The highest BCUT2D eigenvalue weighted by Gasteiger charge is 2.16. The van der Waals surface area contributed by atoms with Gasteiger partial charge in [-0.05, 0) is 42.2 Å². The molecule has 3 nitrogen and oxygen atoms in total. The minimum absolute atomic E-state index is 0.258. The van der Waals surface area contributed by atoms with Crippen molar-refractivity contribution < 1.29 is 14.0 Å². The fourth-order valence-corrected chi connectivity index (χ4v) is 2.70. The van der Waals surface area contributed by atoms with Crippen molar-refractivity contribution >= 4 is 17.5 Å². The molecule has 0 aromatic heterocycles. The van der Waals surface area contributed by atoms with E-state index in [1.165, 1.54) is 13.8 Å². The van der Waals surface area contributed by atoms with Crippen LogP contribution in [0.4, 0.5) is 10.1 Å². The smallest absolute Gasteiger partial charge is 0.230 e. The Morgan fingerprint density at radius 1 is 0.962 bits per heavy atom. The Labute approximate surface area is 155 Å². The van der Waals surface area contributed by atoms with Gasteiger partial charge in [0, 0.05) is 19.4 Å². The molecule has 0 fully saturated rings. The molecule has 0 saturated carbocycles. The summed E-state index contributed by atoms with van der Waals surface area (Å²) in [6.45, 7) is 8.78. The van der Waals surface area contributed by atoms with Gasteiger partial charge in [0.2, 0.25) is 11.8 Å². The van der Waals surface area contributed by atoms with Crippen molar-refractivity contribution in [2.75, 3.05) is 4.90 Å². The number of amides is 2. The lowest BCUT2D eigenvalue weighted by molar-refractivity contribution is -0.124. The molecule has 2 aromatic rings. The third kappa shape index (κ3) is 5.51. The maximum Gasteiger partial charge on any atom is 0.230 e. The highest BCUT2D eigenvalue weighted by molar-refractivity contribution is 6.13. The van der Waals surface area contributed by atoms with Crippen LogP contribution in [0.15, 0.2) is 42.5 Å². The first-order valence-electron chi connectivity index (χ1n) is 9.14. The van der Waals surface area contributed by atoms with E-state index < -0.39 is 0 Å². The predicted molar refractivity (Wildman–Crippen MR) is 106 cm³/mol. The molecule has 0 bridgehead atoms. The van der Waals surface area contributed by atoms with Crippen LogP contribution in [0.5, 0.6) is 0 Å². The molecule has 0 atom stereocenters. The van der Waals surface area contributed by atoms with Crippen molar-refractivity contribution in [2.45, 2.75) is 53.9 Å². The lowest BCUT2D eigenvalue weighted by Crippen LogP contribution is -2.32. The second kappa shape index (κ2) is 10.5. The molecule has 0 N–H and O–H groups in total. The van der Waals surface area contributed by atoms with Gasteiger partial charge in [0.05, 0.1) is 5.69 Å². The summed E-state index contributed by atoms with van der Waals surface area (Å²) in [7, 11) is 0. The molecule has 2 aromatic carbocycles. The highest BCUT2D eigenvalue weighted by Crippen LogP contribution is 2.27. The van der Waals surface area contributed by atoms with Crippen LogP contribution in [-0.2, 0) is 16.0 Å². The Morgan fingerprint density at radius 3 is 2.00 bits per heavy atom. The number of halogens is 1. The van der Waals surface area contributed by atoms with Gasteiger partial charge in [0.15, 0.2) is 0 Å². The molecular weight excluding hydrogens is 329 g/mol. The van der Waals surface area contributed by atoms with Crippen LogP contribution in [0.1, 0.15) is 53.0 Å². The van der Waals surface area contributed by atoms with Crippen LogP contribution >= 0.6 is 0 Å². The van der Waals surface area contributed by atoms with E-state index in [-0.39, 0.29) is 17.6 Å². The Bertz CT molecular complexity index is 724. The molecule has 26 heavy (non-hydrogen) atoms. The maximum absolute atomic E-state index is 14.4. The molecule has 0 aliphatic carbocycles. The monoisotopic (exact) mass is 357 g/mol. The van der Waals surface area contributed by atoms with Crippen LogP contribution in [0.25, 0.3) is 11.1 Å². The Kier molecular flexibility index (Phi) is 8.70. The number of nitrogens with zero attached hydrogens (tertiary/aromatic N) is 1. The van der Waals surface area contributed by atoms with E-state index in [2.05, 4.69) is 6.92 Å². The van der Waals surface area contributed by atoms with E-state index in [1.807, 2.05) is 19.9 Å². The highest BCUT2D eigenvalue weighted by atomic mass is 19.1. The minimum Gasteiger partial charge on any atom is -0.274 e. The van der Waals surface area contributed by atoms with Crippen molar-refractivity contribution in [1.82, 2.24) is 0 Å². The maximum atomic E-state index is 14.4. The molecule has 2 rings (SSSR count). The second-order valence-electron chi connectivity index (χ2n) is 5.84. The summed E-state index contributed by atoms with van der Waals surface area (Å²) in [5.41, 5.74) is 2.71. The van der Waals surface area contributed by atoms with E-state index in [0.717, 1.165) is 29.7 Å². The van der Waals surface area contributed by atoms with Crippen molar-refractivity contribution in [3.8, 4) is 11.1 Å². The van der Waals surface area contributed by atoms with Gasteiger partial charge in [-0.25, -0.2) is 4.39 Å². The minimum atomic E-state index is -0.346. The summed E-state index contributed by atoms with van der Waals surface area (Å²) in [6.07, 6.45) is 2.99. The average molecular weight is 357 g/mol. The normalized spacial score (nSPS) is 9.92. The fourth-order valence-electron chi connectivity index (χ4n) is 2.70. The number of benzene rings is 2. The van der Waals surface area contributed by atoms with Gasteiger partial charge in [-0.1, -0.05) is 51.5 Å². The number of carbonyl (C=O) groups excluding carboxylic acids is 2. The zero-order valence-corrected chi connectivity index (χ0v) is 16.3. The van der Waals surface area contributed by atoms with E-state index in [4.69, 9.17) is 0 Å². The van der Waals surface area contributed by atoms with Crippen LogP contribution in [-0.4, -0.2) is 11.8 Å². The molecule has 0 spiro atoms. The molecule has 2 amide bonds. The van der Waals surface area contributed by atoms with Crippen LogP contribution in [0, 0.1) is 5.82 Å². The summed E-state index contributed by atoms with van der Waals surface area (Å²) in [4.78, 5) is 24.2. The summed E-state index contributed by atoms with van der Waals surface area (Å²) < 4.78 is 14.4. The third-order valence-corrected chi connectivity index (χ3v) is 3.92. The second-order valence-corrected chi connectivity index (χ2v) is 5.84. The lowest BCUT2D eigenvalue weighted by atomic mass is 10.0. The van der Waals surface area contributed by atoms with Crippen molar-refractivity contribution in [1.29, 1.82) is 0 Å². The molecular formula is C22H28FNO2. The molecule has 0 heterocycles. The number of unbranched alkanes of at least 4 members (excludes halogenated alkanes) is 1. The molecule has 0 unspecified atom stereocenters. The Balaban J connectivity index is 0.00000163. The van der Waals surface area contributed by atoms with Crippen LogP contribution in [0.2, 0.25) is 0 Å². The summed E-state index contributed by atoms with van der Waals surface area (Å²) in [5, 5.41) is 0. The standard InChI is InChI=1S/C20H22FNO2.C2H6/c1-4-5-6-16-7-12-19(20(21)13-16)17-8-10-18(11-9-17)22(14(2)23)15(3)24;1-2/h7-13H,4-6H2,1-3H3;1-2H3. The molecule has 140 valence electrons. The number of hydrogen-bond donors (Lipinski definition) is 0. The summed E-state index contributed by atoms with van der Waals surface area (Å²) in [5.74, 6) is -0.949. The van der Waals surface area contributed by atoms with Gasteiger partial charge in [0.25, 0.3) is 0 Å². The zero-order chi connectivity index (χ0) is 19.7. The molecule has 0 aliphatic heterocycles. The fraction of sp³-hybridized carbons (Fsp3) is 0.364. The van der Waals surface area contributed by atoms with Gasteiger partial charge in [-0.2, -0.15) is 0 Å². The van der Waals surface area contributed by atoms with Crippen molar-refractivity contribution in [3.05, 3.63) is 53.8 Å². The molecule has 0 radical (unpaired) electrons. The Hall–Kier alpha value is -2.49. The van der Waals surface area contributed by atoms with Gasteiger partial charge >= 0.3 is 0 Å². The first-order chi connectivity index (χ1) is 12.4. The number of carbonyl (C=O) groups is 2. The molecule has 0 saturated heterocycles. The quantitative estimate of drug-likeness (QED) is 0.682. The SMILES string of the molecule is CC.CCCCc1ccc(-c2ccc(N(C(C)=O)C(C)=O)cc2)c(F)c1. The largest absolute Gasteiger partial charge is 0.274 e. The van der Waals surface area contributed by atoms with E-state index in [0.29, 0.717) is 16.8 Å². The topological polar surface area (TPSA) is 37.4 Å². The van der Waals surface area contributed by atoms with E-state index in [9.17, 15) is 14.0 Å². The van der Waals surface area contributed by atoms with E-state index >= 15 is 0 Å². The number of rotatable bonds is 5. The molecule has 0 aliphatic rings. The molecule has 4 heteroatoms. The van der Waals surface area contributed by atoms with Gasteiger partial charge < -0.3 is 0 Å². The predicted octanol–water partition coefficient (Wildman–Crippen LogP) is 5.76. The van der Waals surface area contributed by atoms with Crippen LogP contribution in [0.3, 0.4) is 0 Å². The van der Waals surface area contributed by atoms with Crippen LogP contribution < -0.4 is 4.90 Å². The van der Waals surface area contributed by atoms with Crippen molar-refractivity contribution in [2.24, 2.45) is 0 Å². The van der Waals surface area contributed by atoms with Gasteiger partial charge in [0.1, 0.15) is 5.82 Å². The first kappa shape index (κ1) is 21.6. The zero-order valence-electron chi connectivity index (χ0n) is 16.3. The lowest BCUT2D eigenvalue weighted by Gasteiger charge is -2.17. The summed E-state index contributed by atoms with van der Waals surface area (Å²) in [6, 6.07) is 12.1. The van der Waals surface area contributed by atoms with Crippen molar-refractivity contribution in [3.63, 3.8) is 0 Å². The number of imide groups is 1. The average Bonchev–Trinajstić information content (AvgIpc) is 2.62. The third-order valence-electron chi connectivity index (χ3n) is 3.92. The summed E-state index contributed by atoms with van der Waals surface area (Å²) >= 11 is 0.